The van der Waals surface area contributed by atoms with E-state index in [0.29, 0.717) is 12.8 Å². The molecule has 26 heavy (non-hydrogen) atoms. The van der Waals surface area contributed by atoms with E-state index >= 15 is 0 Å². The number of carbonyl (C=O) groups excluding carboxylic acids is 1. The Balaban J connectivity index is 1.72. The summed E-state index contributed by atoms with van der Waals surface area (Å²) >= 11 is 0. The van der Waals surface area contributed by atoms with Crippen molar-refractivity contribution in [2.24, 2.45) is 0 Å². The number of hydrogen-bond donors (Lipinski definition) is 2. The number of pyridine rings is 1. The van der Waals surface area contributed by atoms with Crippen molar-refractivity contribution in [2.45, 2.75) is 19.0 Å². The fourth-order valence-corrected chi connectivity index (χ4v) is 2.30. The number of aromatic nitrogens is 1. The quantitative estimate of drug-likeness (QED) is 0.703. The Morgan fingerprint density at radius 3 is 2.54 bits per heavy atom. The van der Waals surface area contributed by atoms with Crippen molar-refractivity contribution in [3.8, 4) is 5.75 Å². The van der Waals surface area contributed by atoms with Crippen LogP contribution in [0.3, 0.4) is 0 Å². The summed E-state index contributed by atoms with van der Waals surface area (Å²) in [6.45, 7) is 0.351. The predicted molar refractivity (Wildman–Crippen MR) is 92.1 cm³/mol. The molecule has 0 atom stereocenters. The monoisotopic (exact) mass is 367 g/mol. The van der Waals surface area contributed by atoms with Gasteiger partial charge < -0.3 is 15.4 Å². The molecule has 0 spiro atoms. The number of nitrogens with zero attached hydrogens (tertiary/aromatic N) is 1. The van der Waals surface area contributed by atoms with Crippen LogP contribution in [-0.2, 0) is 17.4 Å². The van der Waals surface area contributed by atoms with Gasteiger partial charge in [0.2, 0.25) is 5.91 Å². The standard InChI is InChI=1S/C18H20F3N3O2/c1-26-14-7-4-13(5-8-14)6-9-16(25)22-11-12-24-17-15(18(19,20)21)3-2-10-23-17/h2-5,7-8,10H,6,9,11-12H2,1H3,(H,22,25)(H,23,24). The number of benzene rings is 1. The lowest BCUT2D eigenvalue weighted by atomic mass is 10.1. The van der Waals surface area contributed by atoms with Gasteiger partial charge in [-0.2, -0.15) is 13.2 Å². The van der Waals surface area contributed by atoms with Gasteiger partial charge in [-0.1, -0.05) is 12.1 Å². The highest BCUT2D eigenvalue weighted by atomic mass is 19.4. The molecule has 8 heteroatoms. The SMILES string of the molecule is COc1ccc(CCC(=O)NCCNc2ncccc2C(F)(F)F)cc1. The largest absolute Gasteiger partial charge is 0.497 e. The van der Waals surface area contributed by atoms with E-state index in [1.54, 1.807) is 7.11 Å². The average molecular weight is 367 g/mol. The van der Waals surface area contributed by atoms with Crippen molar-refractivity contribution in [3.05, 3.63) is 53.7 Å². The molecule has 1 heterocycles. The molecule has 140 valence electrons. The summed E-state index contributed by atoms with van der Waals surface area (Å²) < 4.78 is 43.6. The lowest BCUT2D eigenvalue weighted by Crippen LogP contribution is -2.29. The van der Waals surface area contributed by atoms with Crippen molar-refractivity contribution < 1.29 is 22.7 Å². The predicted octanol–water partition coefficient (Wildman–Crippen LogP) is 3.27. The Hall–Kier alpha value is -2.77. The molecule has 0 saturated carbocycles. The number of amides is 1. The minimum atomic E-state index is -4.47. The second-order valence-electron chi connectivity index (χ2n) is 5.52. The summed E-state index contributed by atoms with van der Waals surface area (Å²) in [6, 6.07) is 9.60. The van der Waals surface area contributed by atoms with E-state index in [-0.39, 0.29) is 24.8 Å². The number of anilines is 1. The Bertz CT molecular complexity index is 718. The summed E-state index contributed by atoms with van der Waals surface area (Å²) in [5, 5.41) is 5.27. The van der Waals surface area contributed by atoms with Crippen molar-refractivity contribution >= 4 is 11.7 Å². The number of alkyl halides is 3. The van der Waals surface area contributed by atoms with Crippen LogP contribution in [0.1, 0.15) is 17.5 Å². The molecule has 0 fully saturated rings. The molecule has 2 rings (SSSR count). The molecular formula is C18H20F3N3O2. The van der Waals surface area contributed by atoms with Crippen LogP contribution in [0.2, 0.25) is 0 Å². The van der Waals surface area contributed by atoms with Gasteiger partial charge >= 0.3 is 6.18 Å². The molecule has 0 unspecified atom stereocenters. The maximum atomic E-state index is 12.8. The van der Waals surface area contributed by atoms with E-state index < -0.39 is 11.7 Å². The number of aryl methyl sites for hydroxylation is 1. The molecular weight excluding hydrogens is 347 g/mol. The first-order valence-corrected chi connectivity index (χ1v) is 8.06. The van der Waals surface area contributed by atoms with Crippen molar-refractivity contribution in [1.29, 1.82) is 0 Å². The van der Waals surface area contributed by atoms with Gasteiger partial charge in [-0.3, -0.25) is 4.79 Å². The molecule has 0 saturated heterocycles. The summed E-state index contributed by atoms with van der Waals surface area (Å²) in [6.07, 6.45) is -2.32. The normalized spacial score (nSPS) is 11.1. The van der Waals surface area contributed by atoms with Crippen LogP contribution in [-0.4, -0.2) is 31.1 Å². The summed E-state index contributed by atoms with van der Waals surface area (Å²) in [5.74, 6) is 0.337. The number of hydrogen-bond acceptors (Lipinski definition) is 4. The van der Waals surface area contributed by atoms with E-state index in [2.05, 4.69) is 15.6 Å². The van der Waals surface area contributed by atoms with Gasteiger partial charge in [0.15, 0.2) is 0 Å². The molecule has 0 aliphatic heterocycles. The number of methoxy groups -OCH3 is 1. The Morgan fingerprint density at radius 1 is 1.15 bits per heavy atom. The maximum Gasteiger partial charge on any atom is 0.419 e. The zero-order valence-corrected chi connectivity index (χ0v) is 14.3. The van der Waals surface area contributed by atoms with Gasteiger partial charge in [0, 0.05) is 25.7 Å². The molecule has 0 radical (unpaired) electrons. The average Bonchev–Trinajstić information content (AvgIpc) is 2.63. The summed E-state index contributed by atoms with van der Waals surface area (Å²) in [4.78, 5) is 15.5. The summed E-state index contributed by atoms with van der Waals surface area (Å²) in [5.41, 5.74) is 0.174. The van der Waals surface area contributed by atoms with Gasteiger partial charge in [-0.05, 0) is 36.2 Å². The van der Waals surface area contributed by atoms with E-state index in [0.717, 1.165) is 17.4 Å². The number of rotatable bonds is 8. The number of nitrogens with one attached hydrogen (secondary N) is 2. The van der Waals surface area contributed by atoms with Crippen LogP contribution >= 0.6 is 0 Å². The lowest BCUT2D eigenvalue weighted by molar-refractivity contribution is -0.137. The molecule has 2 aromatic rings. The van der Waals surface area contributed by atoms with Crippen LogP contribution in [0.15, 0.2) is 42.6 Å². The van der Waals surface area contributed by atoms with Crippen LogP contribution in [0.25, 0.3) is 0 Å². The minimum Gasteiger partial charge on any atom is -0.497 e. The summed E-state index contributed by atoms with van der Waals surface area (Å²) in [7, 11) is 1.58. The molecule has 0 aliphatic rings. The molecule has 2 N–H and O–H groups in total. The van der Waals surface area contributed by atoms with E-state index in [1.807, 2.05) is 24.3 Å². The fourth-order valence-electron chi connectivity index (χ4n) is 2.30. The first-order valence-electron chi connectivity index (χ1n) is 8.06. The zero-order chi connectivity index (χ0) is 19.0. The molecule has 5 nitrogen and oxygen atoms in total. The van der Waals surface area contributed by atoms with Gasteiger partial charge in [0.25, 0.3) is 0 Å². The van der Waals surface area contributed by atoms with E-state index in [1.165, 1.54) is 12.3 Å². The van der Waals surface area contributed by atoms with Gasteiger partial charge in [0.05, 0.1) is 12.7 Å². The van der Waals surface area contributed by atoms with E-state index in [4.69, 9.17) is 4.74 Å². The van der Waals surface area contributed by atoms with Gasteiger partial charge in [-0.15, -0.1) is 0 Å². The minimum absolute atomic E-state index is 0.147. The Morgan fingerprint density at radius 2 is 1.88 bits per heavy atom. The topological polar surface area (TPSA) is 63.2 Å². The highest BCUT2D eigenvalue weighted by molar-refractivity contribution is 5.76. The number of carbonyl (C=O) groups is 1. The third-order valence-corrected chi connectivity index (χ3v) is 3.65. The van der Waals surface area contributed by atoms with Crippen molar-refractivity contribution in [3.63, 3.8) is 0 Å². The second kappa shape index (κ2) is 9.07. The Kier molecular flexibility index (Phi) is 6.82. The highest BCUT2D eigenvalue weighted by Crippen LogP contribution is 2.33. The zero-order valence-electron chi connectivity index (χ0n) is 14.3. The van der Waals surface area contributed by atoms with Crippen LogP contribution in [0.5, 0.6) is 5.75 Å². The molecule has 1 aromatic carbocycles. The van der Waals surface area contributed by atoms with Crippen molar-refractivity contribution in [1.82, 2.24) is 10.3 Å². The number of halogens is 3. The highest BCUT2D eigenvalue weighted by Gasteiger charge is 2.33. The smallest absolute Gasteiger partial charge is 0.419 e. The Labute approximate surface area is 149 Å². The number of ether oxygens (including phenoxy) is 1. The first-order chi connectivity index (χ1) is 12.4. The van der Waals surface area contributed by atoms with Gasteiger partial charge in [0.1, 0.15) is 11.6 Å². The lowest BCUT2D eigenvalue weighted by Gasteiger charge is -2.13. The fraction of sp³-hybridized carbons (Fsp3) is 0.333. The van der Waals surface area contributed by atoms with Crippen LogP contribution in [0, 0.1) is 0 Å². The van der Waals surface area contributed by atoms with E-state index in [9.17, 15) is 18.0 Å². The van der Waals surface area contributed by atoms with Crippen LogP contribution in [0.4, 0.5) is 19.0 Å². The molecule has 1 aromatic heterocycles. The van der Waals surface area contributed by atoms with Gasteiger partial charge in [-0.25, -0.2) is 4.98 Å². The first kappa shape index (κ1) is 19.6. The molecule has 1 amide bonds. The molecule has 0 bridgehead atoms. The third kappa shape index (κ3) is 5.94. The second-order valence-corrected chi connectivity index (χ2v) is 5.52. The molecule has 0 aliphatic carbocycles. The van der Waals surface area contributed by atoms with Crippen molar-refractivity contribution in [2.75, 3.05) is 25.5 Å². The van der Waals surface area contributed by atoms with Crippen LogP contribution < -0.4 is 15.4 Å². The maximum absolute atomic E-state index is 12.8. The third-order valence-electron chi connectivity index (χ3n) is 3.65.